The van der Waals surface area contributed by atoms with Gasteiger partial charge in [0, 0.05) is 32.0 Å². The minimum Gasteiger partial charge on any atom is -0.382 e. The number of nitrogens with two attached hydrogens (primary N) is 1. The fourth-order valence-corrected chi connectivity index (χ4v) is 2.36. The topological polar surface area (TPSA) is 109 Å². The minimum absolute atomic E-state index is 0.274. The van der Waals surface area contributed by atoms with Crippen LogP contribution in [0, 0.1) is 11.3 Å². The van der Waals surface area contributed by atoms with Crippen molar-refractivity contribution in [1.29, 1.82) is 5.26 Å². The Labute approximate surface area is 122 Å². The fourth-order valence-electron chi connectivity index (χ4n) is 2.36. The molecule has 0 saturated carbocycles. The fraction of sp³-hybridized carbons (Fsp3) is 0.385. The maximum Gasteiger partial charge on any atom is 0.252 e. The van der Waals surface area contributed by atoms with Crippen LogP contribution in [0.2, 0.25) is 0 Å². The van der Waals surface area contributed by atoms with Crippen molar-refractivity contribution in [2.45, 2.75) is 6.42 Å². The molecule has 3 heterocycles. The van der Waals surface area contributed by atoms with E-state index >= 15 is 0 Å². The lowest BCUT2D eigenvalue weighted by atomic mass is 10.3. The number of hydrogen-bond acceptors (Lipinski definition) is 7. The largest absolute Gasteiger partial charge is 0.382 e. The van der Waals surface area contributed by atoms with E-state index in [0.717, 1.165) is 32.6 Å². The first-order chi connectivity index (χ1) is 10.3. The lowest BCUT2D eigenvalue weighted by molar-refractivity contribution is 0.724. The van der Waals surface area contributed by atoms with Gasteiger partial charge in [-0.3, -0.25) is 0 Å². The van der Waals surface area contributed by atoms with E-state index in [-0.39, 0.29) is 5.82 Å². The summed E-state index contributed by atoms with van der Waals surface area (Å²) in [5, 5.41) is 17.2. The third-order valence-corrected chi connectivity index (χ3v) is 3.40. The van der Waals surface area contributed by atoms with Gasteiger partial charge in [-0.05, 0) is 19.0 Å². The summed E-state index contributed by atoms with van der Waals surface area (Å²) < 4.78 is 1.42. The van der Waals surface area contributed by atoms with E-state index in [1.54, 1.807) is 18.5 Å². The molecule has 0 unspecified atom stereocenters. The summed E-state index contributed by atoms with van der Waals surface area (Å²) in [5.74, 6) is 1.24. The van der Waals surface area contributed by atoms with Crippen LogP contribution in [0.4, 0.5) is 11.6 Å². The SMILES string of the molecule is N#Cc1c(N2CCCNCC2)nn(-c2ncccn2)c1N. The molecule has 3 N–H and O–H groups in total. The van der Waals surface area contributed by atoms with Crippen molar-refractivity contribution in [3.63, 3.8) is 0 Å². The molecule has 8 nitrogen and oxygen atoms in total. The van der Waals surface area contributed by atoms with E-state index in [1.165, 1.54) is 4.68 Å². The van der Waals surface area contributed by atoms with Crippen LogP contribution in [0.5, 0.6) is 0 Å². The van der Waals surface area contributed by atoms with Gasteiger partial charge in [-0.2, -0.15) is 9.94 Å². The molecule has 8 heteroatoms. The minimum atomic E-state index is 0.274. The van der Waals surface area contributed by atoms with Crippen LogP contribution in [0.3, 0.4) is 0 Å². The maximum atomic E-state index is 9.39. The van der Waals surface area contributed by atoms with Crippen molar-refractivity contribution in [3.8, 4) is 12.0 Å². The quantitative estimate of drug-likeness (QED) is 0.793. The number of nitrogens with one attached hydrogen (secondary N) is 1. The third-order valence-electron chi connectivity index (χ3n) is 3.40. The van der Waals surface area contributed by atoms with Crippen LogP contribution in [0.1, 0.15) is 12.0 Å². The predicted octanol–water partition coefficient (Wildman–Crippen LogP) is -0.0841. The highest BCUT2D eigenvalue weighted by molar-refractivity contribution is 5.66. The van der Waals surface area contributed by atoms with Crippen LogP contribution in [0.25, 0.3) is 5.95 Å². The summed E-state index contributed by atoms with van der Waals surface area (Å²) in [6, 6.07) is 3.86. The monoisotopic (exact) mass is 284 g/mol. The second-order valence-electron chi connectivity index (χ2n) is 4.75. The van der Waals surface area contributed by atoms with Gasteiger partial charge in [-0.25, -0.2) is 9.97 Å². The van der Waals surface area contributed by atoms with Gasteiger partial charge in [0.2, 0.25) is 0 Å². The zero-order valence-electron chi connectivity index (χ0n) is 11.5. The van der Waals surface area contributed by atoms with Crippen LogP contribution in [0.15, 0.2) is 18.5 Å². The Hall–Kier alpha value is -2.66. The van der Waals surface area contributed by atoms with Gasteiger partial charge in [0.05, 0.1) is 0 Å². The molecule has 1 aliphatic rings. The normalized spacial score (nSPS) is 15.5. The van der Waals surface area contributed by atoms with Gasteiger partial charge in [-0.15, -0.1) is 5.10 Å². The van der Waals surface area contributed by atoms with E-state index in [1.807, 2.05) is 0 Å². The molecular weight excluding hydrogens is 268 g/mol. The molecule has 1 fully saturated rings. The second kappa shape index (κ2) is 5.76. The molecule has 0 atom stereocenters. The molecule has 0 spiro atoms. The number of nitrogen functional groups attached to an aromatic ring is 1. The molecule has 0 radical (unpaired) electrons. The summed E-state index contributed by atoms with van der Waals surface area (Å²) in [7, 11) is 0. The van der Waals surface area contributed by atoms with Crippen molar-refractivity contribution in [1.82, 2.24) is 25.1 Å². The number of anilines is 2. The van der Waals surface area contributed by atoms with E-state index in [9.17, 15) is 5.26 Å². The summed E-state index contributed by atoms with van der Waals surface area (Å²) in [5.41, 5.74) is 6.43. The summed E-state index contributed by atoms with van der Waals surface area (Å²) in [6.45, 7) is 3.46. The smallest absolute Gasteiger partial charge is 0.252 e. The molecule has 1 aliphatic heterocycles. The number of nitriles is 1. The molecule has 0 aliphatic carbocycles. The van der Waals surface area contributed by atoms with E-state index in [4.69, 9.17) is 5.73 Å². The lowest BCUT2D eigenvalue weighted by Gasteiger charge is -2.19. The number of aromatic nitrogens is 4. The average molecular weight is 284 g/mol. The van der Waals surface area contributed by atoms with E-state index in [2.05, 4.69) is 31.4 Å². The van der Waals surface area contributed by atoms with Crippen LogP contribution < -0.4 is 16.0 Å². The predicted molar refractivity (Wildman–Crippen MR) is 78.0 cm³/mol. The van der Waals surface area contributed by atoms with Crippen molar-refractivity contribution in [3.05, 3.63) is 24.0 Å². The van der Waals surface area contributed by atoms with E-state index < -0.39 is 0 Å². The Morgan fingerprint density at radius 2 is 2.05 bits per heavy atom. The molecule has 3 rings (SSSR count). The van der Waals surface area contributed by atoms with Crippen LogP contribution in [-0.2, 0) is 0 Å². The Morgan fingerprint density at radius 1 is 1.24 bits per heavy atom. The van der Waals surface area contributed by atoms with Crippen molar-refractivity contribution < 1.29 is 0 Å². The molecule has 2 aromatic heterocycles. The van der Waals surface area contributed by atoms with Crippen LogP contribution >= 0.6 is 0 Å². The lowest BCUT2D eigenvalue weighted by Crippen LogP contribution is -2.28. The first-order valence-corrected chi connectivity index (χ1v) is 6.83. The Morgan fingerprint density at radius 3 is 2.81 bits per heavy atom. The average Bonchev–Trinajstić information content (AvgIpc) is 2.70. The zero-order chi connectivity index (χ0) is 14.7. The molecular formula is C13H16N8. The summed E-state index contributed by atoms with van der Waals surface area (Å²) in [4.78, 5) is 10.3. The van der Waals surface area contributed by atoms with Gasteiger partial charge in [0.1, 0.15) is 11.6 Å². The van der Waals surface area contributed by atoms with Gasteiger partial charge in [-0.1, -0.05) is 0 Å². The number of nitrogens with zero attached hydrogens (tertiary/aromatic N) is 6. The highest BCUT2D eigenvalue weighted by Gasteiger charge is 2.23. The second-order valence-corrected chi connectivity index (χ2v) is 4.75. The standard InChI is InChI=1S/C13H16N8/c14-9-10-11(15)21(13-17-4-1-5-18-13)19-12(10)20-7-2-3-16-6-8-20/h1,4-5,16H,2-3,6-8,15H2. The van der Waals surface area contributed by atoms with Crippen molar-refractivity contribution in [2.24, 2.45) is 0 Å². The molecule has 108 valence electrons. The molecule has 0 amide bonds. The third kappa shape index (κ3) is 2.51. The molecule has 2 aromatic rings. The molecule has 1 saturated heterocycles. The number of hydrogen-bond donors (Lipinski definition) is 2. The molecule has 21 heavy (non-hydrogen) atoms. The summed E-state index contributed by atoms with van der Waals surface area (Å²) >= 11 is 0. The van der Waals surface area contributed by atoms with Crippen LogP contribution in [-0.4, -0.2) is 45.9 Å². The van der Waals surface area contributed by atoms with Gasteiger partial charge in [0.15, 0.2) is 11.6 Å². The molecule has 0 aromatic carbocycles. The van der Waals surface area contributed by atoms with Gasteiger partial charge in [0.25, 0.3) is 5.95 Å². The van der Waals surface area contributed by atoms with Gasteiger partial charge < -0.3 is 16.0 Å². The zero-order valence-corrected chi connectivity index (χ0v) is 11.5. The Bertz CT molecular complexity index is 649. The van der Waals surface area contributed by atoms with Crippen molar-refractivity contribution >= 4 is 11.6 Å². The van der Waals surface area contributed by atoms with Crippen molar-refractivity contribution in [2.75, 3.05) is 36.8 Å². The highest BCUT2D eigenvalue weighted by Crippen LogP contribution is 2.26. The summed E-state index contributed by atoms with van der Waals surface area (Å²) in [6.07, 6.45) is 4.23. The molecule has 0 bridgehead atoms. The highest BCUT2D eigenvalue weighted by atomic mass is 15.4. The first-order valence-electron chi connectivity index (χ1n) is 6.83. The maximum absolute atomic E-state index is 9.39. The first kappa shape index (κ1) is 13.3. The Kier molecular flexibility index (Phi) is 3.66. The number of rotatable bonds is 2. The Balaban J connectivity index is 2.03. The van der Waals surface area contributed by atoms with E-state index in [0.29, 0.717) is 17.3 Å². The van der Waals surface area contributed by atoms with Gasteiger partial charge >= 0.3 is 0 Å².